The summed E-state index contributed by atoms with van der Waals surface area (Å²) in [6, 6.07) is -0.962. The maximum Gasteiger partial charge on any atom is 0.297 e. The predicted octanol–water partition coefficient (Wildman–Crippen LogP) is 10.3. The van der Waals surface area contributed by atoms with Gasteiger partial charge in [-0.05, 0) is 120 Å². The van der Waals surface area contributed by atoms with Crippen molar-refractivity contribution in [1.82, 2.24) is 5.32 Å². The summed E-state index contributed by atoms with van der Waals surface area (Å²) in [6.07, 6.45) is 6.20. The van der Waals surface area contributed by atoms with Crippen LogP contribution in [0.3, 0.4) is 0 Å². The number of ether oxygens (including phenoxy) is 2. The first-order chi connectivity index (χ1) is 25.0. The minimum absolute atomic E-state index is 0. The van der Waals surface area contributed by atoms with Crippen molar-refractivity contribution in [2.75, 3.05) is 6.61 Å². The lowest BCUT2D eigenvalue weighted by molar-refractivity contribution is -0.236. The van der Waals surface area contributed by atoms with Gasteiger partial charge >= 0.3 is 0 Å². The van der Waals surface area contributed by atoms with Gasteiger partial charge in [-0.3, -0.25) is 4.79 Å². The Hall–Kier alpha value is -7.00. The molecule has 0 radical (unpaired) electrons. The quantitative estimate of drug-likeness (QED) is 0.162. The highest BCUT2D eigenvalue weighted by molar-refractivity contribution is 5.94. The van der Waals surface area contributed by atoms with Gasteiger partial charge in [0.2, 0.25) is 0 Å². The number of rotatable bonds is 12. The Bertz CT molecular complexity index is 2150. The average Bonchev–Trinajstić information content (AvgIpc) is 3.13. The van der Waals surface area contributed by atoms with Crippen LogP contribution in [0.15, 0.2) is 50.6 Å². The van der Waals surface area contributed by atoms with Gasteiger partial charge in [0.05, 0.1) is 18.8 Å². The molecule has 0 aromatic rings. The van der Waals surface area contributed by atoms with Crippen LogP contribution in [0.2, 0.25) is 0 Å². The summed E-state index contributed by atoms with van der Waals surface area (Å²) >= 11 is 0. The Morgan fingerprint density at radius 2 is 1.16 bits per heavy atom. The maximum absolute atomic E-state index is 15.1. The third-order valence-electron chi connectivity index (χ3n) is 6.53. The second-order valence-electron chi connectivity index (χ2n) is 9.85. The minimum atomic E-state index is -1.37. The molecule has 1 rings (SSSR count). The van der Waals surface area contributed by atoms with Crippen molar-refractivity contribution in [3.63, 3.8) is 0 Å². The van der Waals surface area contributed by atoms with E-state index in [4.69, 9.17) is 9.47 Å². The molecule has 1 aliphatic rings. The molecule has 0 aromatic carbocycles. The molecule has 1 aliphatic heterocycles. The van der Waals surface area contributed by atoms with Gasteiger partial charge < -0.3 is 14.8 Å². The predicted molar refractivity (Wildman–Crippen MR) is 252 cm³/mol. The lowest BCUT2D eigenvalue weighted by Crippen LogP contribution is -2.50. The van der Waals surface area contributed by atoms with E-state index in [-0.39, 0.29) is 71.1 Å². The lowest BCUT2D eigenvalue weighted by atomic mass is 9.75. The normalized spacial score (nSPS) is 17.7. The monoisotopic (exact) mass is 716 g/mol. The fourth-order valence-corrected chi connectivity index (χ4v) is 4.35. The highest BCUT2D eigenvalue weighted by Gasteiger charge is 2.42. The van der Waals surface area contributed by atoms with Crippen LogP contribution in [0.5, 0.6) is 0 Å². The molecule has 1 saturated heterocycles. The second-order valence-corrected chi connectivity index (χ2v) is 9.85. The molecule has 5 heteroatoms. The number of allylic oxidation sites excluding steroid dienone is 1. The summed E-state index contributed by atoms with van der Waals surface area (Å²) in [5.41, 5.74) is 0. The van der Waals surface area contributed by atoms with E-state index in [1.165, 1.54) is 0 Å². The van der Waals surface area contributed by atoms with Crippen LogP contribution in [0.4, 0.5) is 4.39 Å². The summed E-state index contributed by atoms with van der Waals surface area (Å²) < 4.78 is 27.4. The van der Waals surface area contributed by atoms with Gasteiger partial charge in [0.15, 0.2) is 6.29 Å². The van der Waals surface area contributed by atoms with Crippen molar-refractivity contribution < 1.29 is 52.9 Å². The molecule has 0 spiro atoms. The molecule has 4 nitrogen and oxygen atoms in total. The lowest BCUT2D eigenvalue weighted by Gasteiger charge is -2.44. The van der Waals surface area contributed by atoms with Crippen LogP contribution in [-0.4, -0.2) is 37.1 Å². The van der Waals surface area contributed by atoms with Gasteiger partial charge in [-0.15, -0.1) is 26.3 Å². The Labute approximate surface area is 339 Å². The molecule has 1 heterocycles. The molecule has 296 valence electrons. The third kappa shape index (κ3) is 18.2. The van der Waals surface area contributed by atoms with Gasteiger partial charge in [0.1, 0.15) is 6.17 Å². The van der Waals surface area contributed by atoms with Crippen molar-refractivity contribution >= 4 is 5.91 Å². The highest BCUT2D eigenvalue weighted by Crippen LogP contribution is 2.39. The molecule has 1 fully saturated rings. The van der Waals surface area contributed by atoms with Crippen molar-refractivity contribution in [3.8, 4) is 142 Å². The van der Waals surface area contributed by atoms with E-state index >= 15 is 4.39 Å². The van der Waals surface area contributed by atoms with Crippen LogP contribution in [0.1, 0.15) is 67.3 Å². The molecule has 0 bridgehead atoms. The maximum atomic E-state index is 15.1. The van der Waals surface area contributed by atoms with Gasteiger partial charge in [-0.2, -0.15) is 0 Å². The zero-order chi connectivity index (χ0) is 37.4. The zero-order valence-corrected chi connectivity index (χ0v) is 28.6. The minimum Gasteiger partial charge on any atom is -0.350 e. The van der Waals surface area contributed by atoms with E-state index < -0.39 is 24.4 Å². The summed E-state index contributed by atoms with van der Waals surface area (Å²) in [5.74, 6) is 58.8. The summed E-state index contributed by atoms with van der Waals surface area (Å²) in [5, 5.41) is 2.59. The summed E-state index contributed by atoms with van der Waals surface area (Å²) in [6.45, 7) is 19.1. The smallest absolute Gasteiger partial charge is 0.297 e. The number of nitrogens with one attached hydrogen (secondary N) is 1. The first kappa shape index (κ1) is 42.0. The van der Waals surface area contributed by atoms with E-state index in [1.54, 1.807) is 19.1 Å². The topological polar surface area (TPSA) is 47.6 Å². The fourth-order valence-electron chi connectivity index (χ4n) is 4.35. The molecular formula is C46H82FNO3. The van der Waals surface area contributed by atoms with E-state index in [0.717, 1.165) is 0 Å². The van der Waals surface area contributed by atoms with E-state index in [0.29, 0.717) is 12.8 Å². The largest absolute Gasteiger partial charge is 0.350 e. The summed E-state index contributed by atoms with van der Waals surface area (Å²) in [4.78, 5) is 12.5. The standard InChI is InChI=1S/C46H34FNO3.24H2/c1-7-13-14-15-16-17-18-19-20-21-22-23-24-25-26-27-28-29-30-31-32-33-34-37-45(49)48-43(42(47)35-8-2)38-50-46-41(12-6)39(10-4)40(11-5)44(51-46)36-9-3;;;;;;;;;;;;;;;;;;;;;;;;/h9-12,39-44,46H,3-6,8,35-36,38H2,1-2H3,(H,48,49);24*1H/t39-,40+,41?,42+,43-,44?,46-;;;;;;;;;;;;;;;;;;;;;;;;/m0......................../s1. The van der Waals surface area contributed by atoms with Gasteiger partial charge in [0.25, 0.3) is 5.91 Å². The molecule has 1 N–H and O–H groups in total. The molecule has 7 atom stereocenters. The Kier molecular flexibility index (Phi) is 23.1. The van der Waals surface area contributed by atoms with E-state index in [2.05, 4.69) is 174 Å². The van der Waals surface area contributed by atoms with Crippen LogP contribution >= 0.6 is 0 Å². The number of carbonyl (C=O) groups excluding carboxylic acids is 1. The molecule has 0 aromatic heterocycles. The summed E-state index contributed by atoms with van der Waals surface area (Å²) in [7, 11) is 0. The molecule has 1 amide bonds. The van der Waals surface area contributed by atoms with Gasteiger partial charge in [-0.1, -0.05) is 43.6 Å². The average molecular weight is 716 g/mol. The molecule has 2 unspecified atom stereocenters. The Morgan fingerprint density at radius 3 is 1.55 bits per heavy atom. The second kappa shape index (κ2) is 28.1. The van der Waals surface area contributed by atoms with Gasteiger partial charge in [0, 0.05) is 87.5 Å². The number of hydrogen-bond donors (Lipinski definition) is 1. The Balaban J connectivity index is -0.0000000493. The Morgan fingerprint density at radius 1 is 0.725 bits per heavy atom. The van der Waals surface area contributed by atoms with Crippen LogP contribution < -0.4 is 5.32 Å². The zero-order valence-electron chi connectivity index (χ0n) is 28.6. The van der Waals surface area contributed by atoms with Crippen molar-refractivity contribution in [2.24, 2.45) is 17.8 Å². The molecular weight excluding hydrogens is 634 g/mol. The van der Waals surface area contributed by atoms with E-state index in [9.17, 15) is 4.79 Å². The number of carbonyl (C=O) groups is 1. The first-order valence-corrected chi connectivity index (χ1v) is 15.6. The molecule has 51 heavy (non-hydrogen) atoms. The van der Waals surface area contributed by atoms with Crippen molar-refractivity contribution in [3.05, 3.63) is 50.6 Å². The number of amides is 1. The van der Waals surface area contributed by atoms with Crippen LogP contribution in [0.25, 0.3) is 0 Å². The van der Waals surface area contributed by atoms with Crippen LogP contribution in [-0.2, 0) is 14.3 Å². The third-order valence-corrected chi connectivity index (χ3v) is 6.53. The first-order valence-electron chi connectivity index (χ1n) is 15.6. The molecule has 0 saturated carbocycles. The number of hydrogen-bond acceptors (Lipinski definition) is 3. The number of halogens is 1. The van der Waals surface area contributed by atoms with Gasteiger partial charge in [-0.25, -0.2) is 4.39 Å². The SMILES string of the molecule is C=CCC1O[C@H](OC[C@H](NC(=O)C#CC#CC#CC#CC#CC#CC#CC#CC#CC#CC#CC#CC)[C@H](F)CCC)C(C=C)[C@@H](C=C)[C@H]1C=C.[HH].[HH].[HH].[HH].[HH].[HH].[HH].[HH].[HH].[HH].[HH].[HH].[HH].[HH].[HH].[HH].[HH].[HH].[HH].[HH].[HH].[HH].[HH].[HH]. The van der Waals surface area contributed by atoms with Crippen molar-refractivity contribution in [2.45, 2.75) is 57.7 Å². The molecule has 0 aliphatic carbocycles. The number of alkyl halides is 1. The van der Waals surface area contributed by atoms with Crippen LogP contribution in [0, 0.1) is 160 Å². The highest BCUT2D eigenvalue weighted by atomic mass is 19.1. The van der Waals surface area contributed by atoms with E-state index in [1.807, 2.05) is 19.1 Å². The fraction of sp³-hybridized carbons (Fsp3) is 0.283. The van der Waals surface area contributed by atoms with Crippen molar-refractivity contribution in [1.29, 1.82) is 0 Å².